The fraction of sp³-hybridized carbons (Fsp3) is 0.267. The van der Waals surface area contributed by atoms with Gasteiger partial charge in [-0.2, -0.15) is 5.10 Å². The predicted octanol–water partition coefficient (Wildman–Crippen LogP) is 2.49. The van der Waals surface area contributed by atoms with E-state index in [0.29, 0.717) is 0 Å². The van der Waals surface area contributed by atoms with Crippen LogP contribution in [0.3, 0.4) is 0 Å². The Labute approximate surface area is 117 Å². The van der Waals surface area contributed by atoms with Gasteiger partial charge in [0.2, 0.25) is 0 Å². The molecule has 0 saturated heterocycles. The zero-order chi connectivity index (χ0) is 14.5. The second kappa shape index (κ2) is 6.14. The SMILES string of the molecule is CCc1nc(CC)n(-c2cccc(C=CC(=O)O)c2)n1. The van der Waals surface area contributed by atoms with E-state index in [1.54, 1.807) is 6.08 Å². The molecule has 0 unspecified atom stereocenters. The summed E-state index contributed by atoms with van der Waals surface area (Å²) in [5.74, 6) is 0.758. The molecule has 104 valence electrons. The van der Waals surface area contributed by atoms with Crippen LogP contribution < -0.4 is 0 Å². The van der Waals surface area contributed by atoms with E-state index in [0.717, 1.165) is 41.8 Å². The van der Waals surface area contributed by atoms with Crippen LogP contribution in [0.4, 0.5) is 0 Å². The first-order valence-electron chi connectivity index (χ1n) is 6.60. The van der Waals surface area contributed by atoms with Gasteiger partial charge in [-0.25, -0.2) is 14.5 Å². The molecule has 2 rings (SSSR count). The van der Waals surface area contributed by atoms with Crippen molar-refractivity contribution >= 4 is 12.0 Å². The molecule has 0 aliphatic rings. The van der Waals surface area contributed by atoms with Gasteiger partial charge in [0.1, 0.15) is 5.82 Å². The maximum absolute atomic E-state index is 10.6. The van der Waals surface area contributed by atoms with E-state index >= 15 is 0 Å². The summed E-state index contributed by atoms with van der Waals surface area (Å²) < 4.78 is 1.82. The molecule has 1 aromatic heterocycles. The van der Waals surface area contributed by atoms with E-state index in [4.69, 9.17) is 5.11 Å². The van der Waals surface area contributed by atoms with Crippen molar-refractivity contribution < 1.29 is 9.90 Å². The van der Waals surface area contributed by atoms with Gasteiger partial charge >= 0.3 is 5.97 Å². The topological polar surface area (TPSA) is 68.0 Å². The Morgan fingerprint density at radius 2 is 2.15 bits per heavy atom. The molecule has 0 saturated carbocycles. The Morgan fingerprint density at radius 1 is 1.35 bits per heavy atom. The van der Waals surface area contributed by atoms with Crippen LogP contribution in [-0.4, -0.2) is 25.8 Å². The van der Waals surface area contributed by atoms with Gasteiger partial charge in [0.15, 0.2) is 5.82 Å². The molecule has 20 heavy (non-hydrogen) atoms. The highest BCUT2D eigenvalue weighted by atomic mass is 16.4. The number of carboxylic acid groups (broad SMARTS) is 1. The van der Waals surface area contributed by atoms with E-state index in [9.17, 15) is 4.79 Å². The maximum atomic E-state index is 10.6. The van der Waals surface area contributed by atoms with E-state index in [1.165, 1.54) is 0 Å². The molecule has 0 aliphatic carbocycles. The van der Waals surface area contributed by atoms with Crippen LogP contribution in [0.2, 0.25) is 0 Å². The van der Waals surface area contributed by atoms with E-state index in [-0.39, 0.29) is 0 Å². The normalized spacial score (nSPS) is 11.1. The monoisotopic (exact) mass is 271 g/mol. The Morgan fingerprint density at radius 3 is 2.80 bits per heavy atom. The lowest BCUT2D eigenvalue weighted by molar-refractivity contribution is -0.131. The number of hydrogen-bond donors (Lipinski definition) is 1. The third-order valence-corrected chi connectivity index (χ3v) is 2.88. The molecule has 0 aliphatic heterocycles. The van der Waals surface area contributed by atoms with Crippen LogP contribution in [0.5, 0.6) is 0 Å². The van der Waals surface area contributed by atoms with Crippen molar-refractivity contribution in [3.05, 3.63) is 47.6 Å². The zero-order valence-corrected chi connectivity index (χ0v) is 11.6. The number of aliphatic carboxylic acids is 1. The molecule has 5 heteroatoms. The third kappa shape index (κ3) is 3.12. The fourth-order valence-corrected chi connectivity index (χ4v) is 1.90. The zero-order valence-electron chi connectivity index (χ0n) is 11.6. The van der Waals surface area contributed by atoms with Crippen LogP contribution in [0.1, 0.15) is 31.1 Å². The van der Waals surface area contributed by atoms with Crippen LogP contribution >= 0.6 is 0 Å². The molecule has 1 aromatic carbocycles. The third-order valence-electron chi connectivity index (χ3n) is 2.88. The van der Waals surface area contributed by atoms with Crippen molar-refractivity contribution in [3.63, 3.8) is 0 Å². The summed E-state index contributed by atoms with van der Waals surface area (Å²) in [6.45, 7) is 4.05. The molecule has 0 spiro atoms. The van der Waals surface area contributed by atoms with Crippen molar-refractivity contribution in [3.8, 4) is 5.69 Å². The first-order chi connectivity index (χ1) is 9.63. The minimum Gasteiger partial charge on any atom is -0.478 e. The summed E-state index contributed by atoms with van der Waals surface area (Å²) in [5.41, 5.74) is 1.71. The number of aryl methyl sites for hydroxylation is 2. The summed E-state index contributed by atoms with van der Waals surface area (Å²) in [6, 6.07) is 7.56. The number of benzene rings is 1. The summed E-state index contributed by atoms with van der Waals surface area (Å²) in [4.78, 5) is 15.0. The van der Waals surface area contributed by atoms with Gasteiger partial charge in [0.25, 0.3) is 0 Å². The Balaban J connectivity index is 2.40. The summed E-state index contributed by atoms with van der Waals surface area (Å²) in [5, 5.41) is 13.1. The smallest absolute Gasteiger partial charge is 0.328 e. The molecule has 1 N–H and O–H groups in total. The number of aromatic nitrogens is 3. The number of hydrogen-bond acceptors (Lipinski definition) is 3. The first-order valence-corrected chi connectivity index (χ1v) is 6.60. The summed E-state index contributed by atoms with van der Waals surface area (Å²) in [7, 11) is 0. The van der Waals surface area contributed by atoms with Gasteiger partial charge in [-0.3, -0.25) is 0 Å². The van der Waals surface area contributed by atoms with Gasteiger partial charge < -0.3 is 5.11 Å². The number of carbonyl (C=O) groups is 1. The van der Waals surface area contributed by atoms with Crippen LogP contribution in [0.15, 0.2) is 30.3 Å². The Bertz CT molecular complexity index is 644. The minimum absolute atomic E-state index is 0.790. The fourth-order valence-electron chi connectivity index (χ4n) is 1.90. The summed E-state index contributed by atoms with van der Waals surface area (Å²) in [6.07, 6.45) is 4.27. The quantitative estimate of drug-likeness (QED) is 0.848. The second-order valence-corrected chi connectivity index (χ2v) is 4.33. The van der Waals surface area contributed by atoms with Gasteiger partial charge in [-0.1, -0.05) is 26.0 Å². The van der Waals surface area contributed by atoms with Gasteiger partial charge in [-0.05, 0) is 23.8 Å². The Kier molecular flexibility index (Phi) is 4.30. The number of nitrogens with zero attached hydrogens (tertiary/aromatic N) is 3. The first kappa shape index (κ1) is 14.0. The van der Waals surface area contributed by atoms with E-state index in [2.05, 4.69) is 10.1 Å². The highest BCUT2D eigenvalue weighted by Gasteiger charge is 2.08. The molecule has 2 aromatic rings. The maximum Gasteiger partial charge on any atom is 0.328 e. The van der Waals surface area contributed by atoms with Crippen molar-refractivity contribution in [2.75, 3.05) is 0 Å². The van der Waals surface area contributed by atoms with E-state index < -0.39 is 5.97 Å². The lowest BCUT2D eigenvalue weighted by atomic mass is 10.2. The largest absolute Gasteiger partial charge is 0.478 e. The molecule has 5 nitrogen and oxygen atoms in total. The van der Waals surface area contributed by atoms with Gasteiger partial charge in [0, 0.05) is 18.9 Å². The minimum atomic E-state index is -0.960. The van der Waals surface area contributed by atoms with Crippen molar-refractivity contribution in [1.82, 2.24) is 14.8 Å². The molecule has 0 fully saturated rings. The molecule has 0 atom stereocenters. The molecule has 0 bridgehead atoms. The van der Waals surface area contributed by atoms with Crippen LogP contribution in [0, 0.1) is 0 Å². The highest BCUT2D eigenvalue weighted by molar-refractivity contribution is 5.85. The van der Waals surface area contributed by atoms with Crippen LogP contribution in [-0.2, 0) is 17.6 Å². The molecule has 0 radical (unpaired) electrons. The lowest BCUT2D eigenvalue weighted by Gasteiger charge is -2.05. The lowest BCUT2D eigenvalue weighted by Crippen LogP contribution is -2.02. The van der Waals surface area contributed by atoms with Crippen molar-refractivity contribution in [2.24, 2.45) is 0 Å². The van der Waals surface area contributed by atoms with Crippen LogP contribution in [0.25, 0.3) is 11.8 Å². The second-order valence-electron chi connectivity index (χ2n) is 4.33. The standard InChI is InChI=1S/C15H17N3O2/c1-3-13-16-14(4-2)18(17-13)12-7-5-6-11(10-12)8-9-15(19)20/h5-10H,3-4H2,1-2H3,(H,19,20). The van der Waals surface area contributed by atoms with Gasteiger partial charge in [0.05, 0.1) is 5.69 Å². The molecule has 0 amide bonds. The highest BCUT2D eigenvalue weighted by Crippen LogP contribution is 2.14. The van der Waals surface area contributed by atoms with Gasteiger partial charge in [-0.15, -0.1) is 0 Å². The summed E-state index contributed by atoms with van der Waals surface area (Å²) >= 11 is 0. The van der Waals surface area contributed by atoms with Crippen molar-refractivity contribution in [2.45, 2.75) is 26.7 Å². The molecular formula is C15H17N3O2. The number of carboxylic acids is 1. The van der Waals surface area contributed by atoms with Crippen molar-refractivity contribution in [1.29, 1.82) is 0 Å². The molecular weight excluding hydrogens is 254 g/mol. The average molecular weight is 271 g/mol. The molecule has 1 heterocycles. The number of rotatable bonds is 5. The average Bonchev–Trinajstić information content (AvgIpc) is 2.89. The van der Waals surface area contributed by atoms with E-state index in [1.807, 2.05) is 42.8 Å². The Hall–Kier alpha value is -2.43. The predicted molar refractivity (Wildman–Crippen MR) is 76.8 cm³/mol.